The third kappa shape index (κ3) is 3.91. The Labute approximate surface area is 117 Å². The quantitative estimate of drug-likeness (QED) is 0.780. The molecule has 2 unspecified atom stereocenters. The predicted octanol–water partition coefficient (Wildman–Crippen LogP) is 0.926. The first-order chi connectivity index (χ1) is 9.04. The summed E-state index contributed by atoms with van der Waals surface area (Å²) >= 11 is 0. The normalized spacial score (nSPS) is 32.1. The summed E-state index contributed by atoms with van der Waals surface area (Å²) in [5.41, 5.74) is 0.0902. The van der Waals surface area contributed by atoms with Crippen molar-refractivity contribution in [1.29, 1.82) is 0 Å². The number of rotatable bonds is 5. The molecule has 0 radical (unpaired) electrons. The van der Waals surface area contributed by atoms with Gasteiger partial charge >= 0.3 is 0 Å². The maximum absolute atomic E-state index is 9.95. The van der Waals surface area contributed by atoms with Gasteiger partial charge in [-0.25, -0.2) is 0 Å². The molecule has 2 fully saturated rings. The van der Waals surface area contributed by atoms with E-state index in [9.17, 15) is 10.2 Å². The molecule has 1 aliphatic heterocycles. The zero-order chi connectivity index (χ0) is 13.9. The van der Waals surface area contributed by atoms with Crippen molar-refractivity contribution in [3.63, 3.8) is 0 Å². The summed E-state index contributed by atoms with van der Waals surface area (Å²) in [5.74, 6) is 0. The summed E-state index contributed by atoms with van der Waals surface area (Å²) in [6.45, 7) is 3.03. The van der Waals surface area contributed by atoms with Crippen LogP contribution in [0.4, 0.5) is 0 Å². The molecule has 0 amide bonds. The van der Waals surface area contributed by atoms with E-state index < -0.39 is 0 Å². The van der Waals surface area contributed by atoms with Crippen LogP contribution >= 0.6 is 0 Å². The fourth-order valence-electron chi connectivity index (χ4n) is 3.86. The molecule has 2 aliphatic rings. The second-order valence-electron chi connectivity index (χ2n) is 6.95. The van der Waals surface area contributed by atoms with Crippen LogP contribution in [0.1, 0.15) is 38.5 Å². The Morgan fingerprint density at radius 1 is 1.21 bits per heavy atom. The van der Waals surface area contributed by atoms with Crippen molar-refractivity contribution in [3.05, 3.63) is 0 Å². The third-order valence-electron chi connectivity index (χ3n) is 4.87. The number of aliphatic hydroxyl groups is 2. The van der Waals surface area contributed by atoms with Gasteiger partial charge in [-0.05, 0) is 33.4 Å². The van der Waals surface area contributed by atoms with Crippen LogP contribution in [0.2, 0.25) is 0 Å². The Morgan fingerprint density at radius 3 is 2.47 bits per heavy atom. The largest absolute Gasteiger partial charge is 0.396 e. The summed E-state index contributed by atoms with van der Waals surface area (Å²) in [6, 6.07) is 0.440. The monoisotopic (exact) mass is 270 g/mol. The molecule has 2 N–H and O–H groups in total. The molecule has 4 heteroatoms. The van der Waals surface area contributed by atoms with Gasteiger partial charge < -0.3 is 15.1 Å². The van der Waals surface area contributed by atoms with Gasteiger partial charge in [-0.15, -0.1) is 0 Å². The summed E-state index contributed by atoms with van der Waals surface area (Å²) in [5, 5.41) is 19.8. The molecule has 0 aromatic heterocycles. The second kappa shape index (κ2) is 6.53. The minimum Gasteiger partial charge on any atom is -0.396 e. The molecule has 19 heavy (non-hydrogen) atoms. The first-order valence-electron chi connectivity index (χ1n) is 7.72. The van der Waals surface area contributed by atoms with Gasteiger partial charge in [0.2, 0.25) is 0 Å². The summed E-state index contributed by atoms with van der Waals surface area (Å²) in [4.78, 5) is 4.62. The van der Waals surface area contributed by atoms with Crippen molar-refractivity contribution in [2.24, 2.45) is 5.41 Å². The molecule has 1 saturated heterocycles. The molecular weight excluding hydrogens is 240 g/mol. The minimum atomic E-state index is -0.190. The number of hydrogen-bond donors (Lipinski definition) is 2. The van der Waals surface area contributed by atoms with Crippen LogP contribution in [-0.2, 0) is 0 Å². The van der Waals surface area contributed by atoms with Gasteiger partial charge in [0, 0.05) is 37.7 Å². The Bertz CT molecular complexity index is 277. The van der Waals surface area contributed by atoms with Gasteiger partial charge in [0.15, 0.2) is 0 Å². The van der Waals surface area contributed by atoms with E-state index in [1.54, 1.807) is 0 Å². The number of aliphatic hydroxyl groups excluding tert-OH is 2. The van der Waals surface area contributed by atoms with Crippen molar-refractivity contribution in [2.45, 2.75) is 50.7 Å². The maximum Gasteiger partial charge on any atom is 0.0682 e. The lowest BCUT2D eigenvalue weighted by Gasteiger charge is -2.40. The molecule has 0 bridgehead atoms. The molecule has 0 aromatic rings. The number of hydrogen-bond acceptors (Lipinski definition) is 4. The van der Waals surface area contributed by atoms with E-state index in [1.807, 2.05) is 0 Å². The molecule has 0 aromatic carbocycles. The molecule has 4 nitrogen and oxygen atoms in total. The first-order valence-corrected chi connectivity index (χ1v) is 7.72. The Kier molecular flexibility index (Phi) is 5.23. The molecule has 0 spiro atoms. The van der Waals surface area contributed by atoms with Gasteiger partial charge in [-0.3, -0.25) is 4.90 Å². The Morgan fingerprint density at radius 2 is 1.89 bits per heavy atom. The number of β-amino-alcohol motifs (C(OH)–C–C–N with tert-alkyl or cyclic N) is 1. The number of likely N-dealkylation sites (tertiary alicyclic amines) is 1. The summed E-state index contributed by atoms with van der Waals surface area (Å²) < 4.78 is 0. The van der Waals surface area contributed by atoms with Gasteiger partial charge in [0.1, 0.15) is 0 Å². The van der Waals surface area contributed by atoms with Crippen molar-refractivity contribution in [2.75, 3.05) is 40.3 Å². The SMILES string of the molecule is CN(C)CC1CC(O)CN1CC1(CO)CCCCC1. The van der Waals surface area contributed by atoms with Crippen LogP contribution in [0.15, 0.2) is 0 Å². The van der Waals surface area contributed by atoms with Crippen molar-refractivity contribution < 1.29 is 10.2 Å². The van der Waals surface area contributed by atoms with Crippen LogP contribution in [0, 0.1) is 5.41 Å². The molecule has 2 rings (SSSR count). The third-order valence-corrected chi connectivity index (χ3v) is 4.87. The van der Waals surface area contributed by atoms with E-state index in [4.69, 9.17) is 0 Å². The fourth-order valence-corrected chi connectivity index (χ4v) is 3.86. The van der Waals surface area contributed by atoms with Crippen LogP contribution in [0.25, 0.3) is 0 Å². The van der Waals surface area contributed by atoms with Crippen LogP contribution in [0.3, 0.4) is 0 Å². The minimum absolute atomic E-state index is 0.0902. The average molecular weight is 270 g/mol. The molecule has 2 atom stereocenters. The lowest BCUT2D eigenvalue weighted by molar-refractivity contribution is 0.0302. The lowest BCUT2D eigenvalue weighted by Crippen LogP contribution is -2.46. The van der Waals surface area contributed by atoms with Gasteiger partial charge in [-0.1, -0.05) is 19.3 Å². The van der Waals surface area contributed by atoms with Gasteiger partial charge in [-0.2, -0.15) is 0 Å². The smallest absolute Gasteiger partial charge is 0.0682 e. The number of nitrogens with zero attached hydrogens (tertiary/aromatic N) is 2. The van der Waals surface area contributed by atoms with Crippen LogP contribution < -0.4 is 0 Å². The van der Waals surface area contributed by atoms with E-state index in [0.717, 1.165) is 38.9 Å². The van der Waals surface area contributed by atoms with Crippen molar-refractivity contribution >= 4 is 0 Å². The molecule has 1 heterocycles. The molecular formula is C15H30N2O2. The lowest BCUT2D eigenvalue weighted by atomic mass is 9.74. The van der Waals surface area contributed by atoms with E-state index in [0.29, 0.717) is 12.6 Å². The zero-order valence-corrected chi connectivity index (χ0v) is 12.5. The average Bonchev–Trinajstić information content (AvgIpc) is 2.69. The summed E-state index contributed by atoms with van der Waals surface area (Å²) in [6.07, 6.45) is 6.77. The summed E-state index contributed by atoms with van der Waals surface area (Å²) in [7, 11) is 4.18. The highest BCUT2D eigenvalue weighted by molar-refractivity contribution is 4.93. The highest BCUT2D eigenvalue weighted by atomic mass is 16.3. The fraction of sp³-hybridized carbons (Fsp3) is 1.00. The van der Waals surface area contributed by atoms with Crippen LogP contribution in [0.5, 0.6) is 0 Å². The molecule has 112 valence electrons. The van der Waals surface area contributed by atoms with Crippen molar-refractivity contribution in [3.8, 4) is 0 Å². The molecule has 1 saturated carbocycles. The van der Waals surface area contributed by atoms with E-state index in [1.165, 1.54) is 19.3 Å². The van der Waals surface area contributed by atoms with Crippen LogP contribution in [-0.4, -0.2) is 72.5 Å². The van der Waals surface area contributed by atoms with E-state index in [-0.39, 0.29) is 11.5 Å². The van der Waals surface area contributed by atoms with Crippen molar-refractivity contribution in [1.82, 2.24) is 9.80 Å². The van der Waals surface area contributed by atoms with Gasteiger partial charge in [0.05, 0.1) is 6.10 Å². The number of likely N-dealkylation sites (N-methyl/N-ethyl adjacent to an activating group) is 1. The van der Waals surface area contributed by atoms with E-state index in [2.05, 4.69) is 23.9 Å². The second-order valence-corrected chi connectivity index (χ2v) is 6.95. The van der Waals surface area contributed by atoms with E-state index >= 15 is 0 Å². The highest BCUT2D eigenvalue weighted by Gasteiger charge is 2.39. The standard InChI is InChI=1S/C15H30N2O2/c1-16(2)9-13-8-14(19)10-17(13)11-15(12-18)6-4-3-5-7-15/h13-14,18-19H,3-12H2,1-2H3. The zero-order valence-electron chi connectivity index (χ0n) is 12.5. The highest BCUT2D eigenvalue weighted by Crippen LogP contribution is 2.38. The molecule has 1 aliphatic carbocycles. The predicted molar refractivity (Wildman–Crippen MR) is 77.1 cm³/mol. The first kappa shape index (κ1) is 15.2. The topological polar surface area (TPSA) is 46.9 Å². The Hall–Kier alpha value is -0.160. The van der Waals surface area contributed by atoms with Gasteiger partial charge in [0.25, 0.3) is 0 Å². The maximum atomic E-state index is 9.95. The Balaban J connectivity index is 1.98.